The predicted octanol–water partition coefficient (Wildman–Crippen LogP) is 6.03. The Morgan fingerprint density at radius 3 is 2.50 bits per heavy atom. The third kappa shape index (κ3) is 3.12. The highest BCUT2D eigenvalue weighted by Gasteiger charge is 2.65. The lowest BCUT2D eigenvalue weighted by atomic mass is 9.41. The van der Waals surface area contributed by atoms with Crippen LogP contribution >= 0.6 is 0 Å². The molecule has 0 unspecified atom stereocenters. The number of ether oxygens (including phenoxy) is 1. The van der Waals surface area contributed by atoms with E-state index in [0.717, 1.165) is 25.7 Å². The summed E-state index contributed by atoms with van der Waals surface area (Å²) in [5.41, 5.74) is 2.55. The molecule has 1 N–H and O–H groups in total. The van der Waals surface area contributed by atoms with E-state index < -0.39 is 0 Å². The van der Waals surface area contributed by atoms with E-state index in [2.05, 4.69) is 47.6 Å². The van der Waals surface area contributed by atoms with E-state index >= 15 is 0 Å². The minimum Gasteiger partial charge on any atom is -0.455 e. The quantitative estimate of drug-likeness (QED) is 0.404. The standard InChI is InChI=1S/C30H44O4/c1-18(15-20-16-19(17-31)26(33)34-20)21-9-13-30(6)23-7-8-24-27(2,3)25(32)11-12-28(24,4)22(23)10-14-29(21,30)5/h7,16,18,20-22,24,31H,8-15,17H2,1-6H3/t18-,20-,21-,22-,24-,28-,29-,30+/m1/s1. The second-order valence-electron chi connectivity index (χ2n) is 13.6. The number of rotatable bonds is 4. The van der Waals surface area contributed by atoms with E-state index in [1.807, 2.05) is 6.08 Å². The average molecular weight is 469 g/mol. The fourth-order valence-electron chi connectivity index (χ4n) is 9.77. The van der Waals surface area contributed by atoms with E-state index in [1.165, 1.54) is 25.7 Å². The molecular weight excluding hydrogens is 424 g/mol. The Morgan fingerprint density at radius 2 is 1.82 bits per heavy atom. The molecule has 0 radical (unpaired) electrons. The summed E-state index contributed by atoms with van der Waals surface area (Å²) in [5.74, 6) is 2.19. The highest BCUT2D eigenvalue weighted by Crippen LogP contribution is 2.73. The van der Waals surface area contributed by atoms with Gasteiger partial charge in [-0.25, -0.2) is 4.79 Å². The lowest BCUT2D eigenvalue weighted by Crippen LogP contribution is -2.57. The van der Waals surface area contributed by atoms with Gasteiger partial charge in [-0.2, -0.15) is 0 Å². The zero-order chi connectivity index (χ0) is 24.7. The lowest BCUT2D eigenvalue weighted by molar-refractivity contribution is -0.146. The van der Waals surface area contributed by atoms with Gasteiger partial charge in [-0.05, 0) is 90.9 Å². The fraction of sp³-hybridized carbons (Fsp3) is 0.800. The second kappa shape index (κ2) is 7.79. The molecule has 4 nitrogen and oxygen atoms in total. The van der Waals surface area contributed by atoms with E-state index in [-0.39, 0.29) is 40.3 Å². The maximum atomic E-state index is 12.8. The van der Waals surface area contributed by atoms with Crippen molar-refractivity contribution in [3.63, 3.8) is 0 Å². The summed E-state index contributed by atoms with van der Waals surface area (Å²) in [6, 6.07) is 0. The fourth-order valence-corrected chi connectivity index (χ4v) is 9.77. The Hall–Kier alpha value is -1.42. The Kier molecular flexibility index (Phi) is 5.56. The molecule has 4 aliphatic carbocycles. The molecule has 4 heteroatoms. The number of carbonyl (C=O) groups is 2. The normalized spacial score (nSPS) is 46.1. The largest absolute Gasteiger partial charge is 0.455 e. The summed E-state index contributed by atoms with van der Waals surface area (Å²) in [4.78, 5) is 24.8. The molecule has 0 aromatic carbocycles. The van der Waals surface area contributed by atoms with Crippen LogP contribution in [0.2, 0.25) is 0 Å². The summed E-state index contributed by atoms with van der Waals surface area (Å²) in [5, 5.41) is 9.40. The molecule has 0 bridgehead atoms. The van der Waals surface area contributed by atoms with E-state index in [1.54, 1.807) is 5.57 Å². The summed E-state index contributed by atoms with van der Waals surface area (Å²) in [6.07, 6.45) is 12.8. The predicted molar refractivity (Wildman–Crippen MR) is 133 cm³/mol. The van der Waals surface area contributed by atoms with Crippen molar-refractivity contribution in [1.29, 1.82) is 0 Å². The zero-order valence-electron chi connectivity index (χ0n) is 22.1. The Bertz CT molecular complexity index is 959. The number of cyclic esters (lactones) is 1. The highest BCUT2D eigenvalue weighted by molar-refractivity contribution is 5.91. The SMILES string of the molecule is C[C@H](C[C@@H]1C=C(CO)C(=O)O1)[C@H]1CC[C@@]2(C)C3=CC[C@@H]4C(C)(C)C(=O)CC[C@]4(C)[C@@H]3CC[C@]12C. The molecule has 3 fully saturated rings. The van der Waals surface area contributed by atoms with Gasteiger partial charge in [0.2, 0.25) is 0 Å². The molecule has 0 aromatic heterocycles. The number of aliphatic hydroxyl groups excluding tert-OH is 1. The van der Waals surface area contributed by atoms with Crippen molar-refractivity contribution in [2.75, 3.05) is 6.61 Å². The molecule has 1 aliphatic heterocycles. The van der Waals surface area contributed by atoms with Crippen LogP contribution < -0.4 is 0 Å². The molecule has 0 amide bonds. The van der Waals surface area contributed by atoms with Crippen molar-refractivity contribution in [3.8, 4) is 0 Å². The Labute approximate surface area is 205 Å². The van der Waals surface area contributed by atoms with Crippen molar-refractivity contribution in [2.45, 2.75) is 99.0 Å². The first-order valence-corrected chi connectivity index (χ1v) is 13.6. The van der Waals surface area contributed by atoms with Gasteiger partial charge in [-0.3, -0.25) is 4.79 Å². The van der Waals surface area contributed by atoms with Crippen molar-refractivity contribution in [3.05, 3.63) is 23.3 Å². The summed E-state index contributed by atoms with van der Waals surface area (Å²) in [6.45, 7) is 14.1. The number of fused-ring (bicyclic) bond motifs is 5. The first-order valence-electron chi connectivity index (χ1n) is 13.6. The zero-order valence-corrected chi connectivity index (χ0v) is 22.1. The molecule has 8 atom stereocenters. The van der Waals surface area contributed by atoms with Gasteiger partial charge in [0.1, 0.15) is 11.9 Å². The van der Waals surface area contributed by atoms with Gasteiger partial charge in [0, 0.05) is 11.8 Å². The van der Waals surface area contributed by atoms with Gasteiger partial charge in [0.25, 0.3) is 0 Å². The molecule has 188 valence electrons. The van der Waals surface area contributed by atoms with Crippen LogP contribution in [0, 0.1) is 45.3 Å². The molecule has 5 rings (SSSR count). The highest BCUT2D eigenvalue weighted by atomic mass is 16.5. The van der Waals surface area contributed by atoms with Crippen molar-refractivity contribution < 1.29 is 19.4 Å². The number of ketones is 1. The van der Waals surface area contributed by atoms with Crippen LogP contribution in [0.25, 0.3) is 0 Å². The van der Waals surface area contributed by atoms with Crippen LogP contribution in [0.1, 0.15) is 92.9 Å². The van der Waals surface area contributed by atoms with Gasteiger partial charge < -0.3 is 9.84 Å². The summed E-state index contributed by atoms with van der Waals surface area (Å²) < 4.78 is 5.55. The number of esters is 1. The average Bonchev–Trinajstić information content (AvgIpc) is 3.27. The molecule has 0 aromatic rings. The minimum absolute atomic E-state index is 0.201. The Morgan fingerprint density at radius 1 is 1.09 bits per heavy atom. The van der Waals surface area contributed by atoms with Gasteiger partial charge in [-0.15, -0.1) is 0 Å². The van der Waals surface area contributed by atoms with E-state index in [4.69, 9.17) is 4.74 Å². The molecule has 0 saturated heterocycles. The third-order valence-electron chi connectivity index (χ3n) is 12.0. The number of hydrogen-bond acceptors (Lipinski definition) is 4. The molecule has 3 saturated carbocycles. The number of Topliss-reactive ketones (excluding diaryl/α,β-unsaturated/α-hetero) is 1. The number of carbonyl (C=O) groups excluding carboxylic acids is 2. The minimum atomic E-state index is -0.355. The molecule has 0 spiro atoms. The van der Waals surface area contributed by atoms with E-state index in [0.29, 0.717) is 35.0 Å². The third-order valence-corrected chi connectivity index (χ3v) is 12.0. The number of aliphatic hydroxyl groups is 1. The maximum Gasteiger partial charge on any atom is 0.336 e. The van der Waals surface area contributed by atoms with Crippen molar-refractivity contribution >= 4 is 11.8 Å². The lowest BCUT2D eigenvalue weighted by Gasteiger charge is -2.63. The van der Waals surface area contributed by atoms with E-state index in [9.17, 15) is 14.7 Å². The maximum absolute atomic E-state index is 12.8. The molecular formula is C30H44O4. The molecule has 5 aliphatic rings. The number of hydrogen-bond donors (Lipinski definition) is 1. The molecule has 34 heavy (non-hydrogen) atoms. The van der Waals surface area contributed by atoms with Crippen LogP contribution in [0.4, 0.5) is 0 Å². The van der Waals surface area contributed by atoms with Crippen LogP contribution in [0.5, 0.6) is 0 Å². The van der Waals surface area contributed by atoms with Gasteiger partial charge >= 0.3 is 5.97 Å². The topological polar surface area (TPSA) is 63.6 Å². The van der Waals surface area contributed by atoms with Gasteiger partial charge in [0.15, 0.2) is 0 Å². The van der Waals surface area contributed by atoms with Gasteiger partial charge in [0.05, 0.1) is 12.2 Å². The molecule has 1 heterocycles. The van der Waals surface area contributed by atoms with Crippen LogP contribution in [0.3, 0.4) is 0 Å². The second-order valence-corrected chi connectivity index (χ2v) is 13.6. The van der Waals surface area contributed by atoms with Gasteiger partial charge in [-0.1, -0.05) is 53.2 Å². The van der Waals surface area contributed by atoms with Crippen LogP contribution in [-0.2, 0) is 14.3 Å². The first-order chi connectivity index (χ1) is 15.9. The summed E-state index contributed by atoms with van der Waals surface area (Å²) >= 11 is 0. The Balaban J connectivity index is 1.41. The first kappa shape index (κ1) is 24.3. The smallest absolute Gasteiger partial charge is 0.336 e. The number of allylic oxidation sites excluding steroid dienone is 2. The van der Waals surface area contributed by atoms with Crippen LogP contribution in [-0.4, -0.2) is 29.6 Å². The summed E-state index contributed by atoms with van der Waals surface area (Å²) in [7, 11) is 0. The monoisotopic (exact) mass is 468 g/mol. The van der Waals surface area contributed by atoms with Crippen LogP contribution in [0.15, 0.2) is 23.3 Å². The van der Waals surface area contributed by atoms with Crippen molar-refractivity contribution in [1.82, 2.24) is 0 Å². The van der Waals surface area contributed by atoms with Crippen molar-refractivity contribution in [2.24, 2.45) is 45.3 Å².